The average molecular weight is 309 g/mol. The van der Waals surface area contributed by atoms with Crippen LogP contribution in [0.3, 0.4) is 0 Å². The molecule has 0 saturated carbocycles. The summed E-state index contributed by atoms with van der Waals surface area (Å²) in [7, 11) is 0. The number of rotatable bonds is 3. The van der Waals surface area contributed by atoms with Crippen LogP contribution >= 0.6 is 0 Å². The number of pyridine rings is 1. The van der Waals surface area contributed by atoms with Crippen molar-refractivity contribution in [1.29, 1.82) is 0 Å². The molecular weight excluding hydrogens is 290 g/mol. The van der Waals surface area contributed by atoms with Gasteiger partial charge >= 0.3 is 0 Å². The number of phenols is 1. The average Bonchev–Trinajstić information content (AvgIpc) is 2.94. The van der Waals surface area contributed by atoms with E-state index in [-0.39, 0.29) is 11.9 Å². The van der Waals surface area contributed by atoms with Gasteiger partial charge in [-0.2, -0.15) is 0 Å². The van der Waals surface area contributed by atoms with Crippen molar-refractivity contribution in [3.05, 3.63) is 48.4 Å². The van der Waals surface area contributed by atoms with E-state index in [1.165, 1.54) is 6.42 Å². The molecule has 1 atom stereocenters. The smallest absolute Gasteiger partial charge is 0.164 e. The first-order valence-corrected chi connectivity index (χ1v) is 8.05. The van der Waals surface area contributed by atoms with Gasteiger partial charge < -0.3 is 9.84 Å². The van der Waals surface area contributed by atoms with Gasteiger partial charge in [0.25, 0.3) is 0 Å². The molecule has 23 heavy (non-hydrogen) atoms. The number of para-hydroxylation sites is 2. The number of imidazole rings is 1. The second-order valence-corrected chi connectivity index (χ2v) is 5.89. The molecule has 2 aromatic heterocycles. The molecule has 0 aliphatic carbocycles. The minimum absolute atomic E-state index is 0.185. The maximum absolute atomic E-state index is 10.3. The quantitative estimate of drug-likeness (QED) is 0.807. The zero-order valence-corrected chi connectivity index (χ0v) is 12.9. The van der Waals surface area contributed by atoms with Crippen LogP contribution in [-0.2, 0) is 11.2 Å². The summed E-state index contributed by atoms with van der Waals surface area (Å²) >= 11 is 0. The van der Waals surface area contributed by atoms with Gasteiger partial charge in [-0.25, -0.2) is 9.97 Å². The van der Waals surface area contributed by atoms with Crippen LogP contribution in [-0.4, -0.2) is 32.4 Å². The SMILES string of the molecule is Oc1ccccc1-n1c(CC2CCCCO2)nc2cccnc21. The van der Waals surface area contributed by atoms with Crippen molar-refractivity contribution in [2.24, 2.45) is 0 Å². The van der Waals surface area contributed by atoms with E-state index in [0.717, 1.165) is 42.9 Å². The van der Waals surface area contributed by atoms with Gasteiger partial charge in [-0.1, -0.05) is 12.1 Å². The van der Waals surface area contributed by atoms with Crippen LogP contribution < -0.4 is 0 Å². The second-order valence-electron chi connectivity index (χ2n) is 5.89. The van der Waals surface area contributed by atoms with Gasteiger partial charge in [-0.05, 0) is 43.5 Å². The normalized spacial score (nSPS) is 18.3. The predicted molar refractivity (Wildman–Crippen MR) is 87.8 cm³/mol. The Kier molecular flexibility index (Phi) is 3.71. The predicted octanol–water partition coefficient (Wildman–Crippen LogP) is 3.24. The molecular formula is C18H19N3O2. The third-order valence-electron chi connectivity index (χ3n) is 4.29. The highest BCUT2D eigenvalue weighted by Gasteiger charge is 2.21. The van der Waals surface area contributed by atoms with Crippen LogP contribution in [0.5, 0.6) is 5.75 Å². The van der Waals surface area contributed by atoms with Crippen molar-refractivity contribution in [3.8, 4) is 11.4 Å². The van der Waals surface area contributed by atoms with E-state index in [0.29, 0.717) is 5.69 Å². The van der Waals surface area contributed by atoms with Crippen LogP contribution in [0, 0.1) is 0 Å². The Morgan fingerprint density at radius 1 is 1.17 bits per heavy atom. The first kappa shape index (κ1) is 14.2. The summed E-state index contributed by atoms with van der Waals surface area (Å²) in [4.78, 5) is 9.19. The zero-order chi connectivity index (χ0) is 15.6. The van der Waals surface area contributed by atoms with Crippen LogP contribution in [0.2, 0.25) is 0 Å². The molecule has 5 heteroatoms. The lowest BCUT2D eigenvalue weighted by Crippen LogP contribution is -2.23. The van der Waals surface area contributed by atoms with E-state index < -0.39 is 0 Å². The molecule has 4 rings (SSSR count). The molecule has 1 unspecified atom stereocenters. The molecule has 0 radical (unpaired) electrons. The van der Waals surface area contributed by atoms with Crippen molar-refractivity contribution in [3.63, 3.8) is 0 Å². The first-order chi connectivity index (χ1) is 11.3. The Morgan fingerprint density at radius 3 is 2.91 bits per heavy atom. The molecule has 1 aromatic carbocycles. The molecule has 3 aromatic rings. The lowest BCUT2D eigenvalue weighted by molar-refractivity contribution is 0.0155. The van der Waals surface area contributed by atoms with Crippen molar-refractivity contribution in [1.82, 2.24) is 14.5 Å². The molecule has 0 spiro atoms. The molecule has 5 nitrogen and oxygen atoms in total. The lowest BCUT2D eigenvalue weighted by atomic mass is 10.1. The fourth-order valence-electron chi connectivity index (χ4n) is 3.17. The molecule has 1 N–H and O–H groups in total. The number of benzene rings is 1. The standard InChI is InChI=1S/C18H19N3O2/c22-16-9-2-1-8-15(16)21-17(12-13-6-3-4-11-23-13)20-14-7-5-10-19-18(14)21/h1-2,5,7-10,13,22H,3-4,6,11-12H2. The molecule has 0 bridgehead atoms. The fraction of sp³-hybridized carbons (Fsp3) is 0.333. The highest BCUT2D eigenvalue weighted by molar-refractivity contribution is 5.74. The Labute approximate surface area is 134 Å². The molecule has 0 amide bonds. The van der Waals surface area contributed by atoms with Gasteiger partial charge in [0.05, 0.1) is 11.8 Å². The number of phenolic OH excluding ortho intramolecular Hbond substituents is 1. The van der Waals surface area contributed by atoms with E-state index in [1.54, 1.807) is 12.3 Å². The van der Waals surface area contributed by atoms with E-state index in [9.17, 15) is 5.11 Å². The zero-order valence-electron chi connectivity index (χ0n) is 12.9. The number of aromatic hydroxyl groups is 1. The lowest BCUT2D eigenvalue weighted by Gasteiger charge is -2.22. The van der Waals surface area contributed by atoms with Crippen LogP contribution in [0.15, 0.2) is 42.6 Å². The van der Waals surface area contributed by atoms with Crippen molar-refractivity contribution >= 4 is 11.2 Å². The topological polar surface area (TPSA) is 60.2 Å². The summed E-state index contributed by atoms with van der Waals surface area (Å²) in [5.74, 6) is 1.11. The molecule has 118 valence electrons. The highest BCUT2D eigenvalue weighted by atomic mass is 16.5. The number of hydrogen-bond donors (Lipinski definition) is 1. The number of nitrogens with zero attached hydrogens (tertiary/aromatic N) is 3. The third kappa shape index (κ3) is 2.68. The summed E-state index contributed by atoms with van der Waals surface area (Å²) in [5.41, 5.74) is 2.31. The minimum atomic E-state index is 0.185. The van der Waals surface area contributed by atoms with Gasteiger partial charge in [0.2, 0.25) is 0 Å². The Bertz CT molecular complexity index is 822. The number of fused-ring (bicyclic) bond motifs is 1. The van der Waals surface area contributed by atoms with E-state index in [2.05, 4.69) is 4.98 Å². The van der Waals surface area contributed by atoms with Gasteiger partial charge in [0, 0.05) is 19.2 Å². The number of ether oxygens (including phenoxy) is 1. The van der Waals surface area contributed by atoms with Gasteiger partial charge in [0.15, 0.2) is 5.65 Å². The maximum Gasteiger partial charge on any atom is 0.164 e. The van der Waals surface area contributed by atoms with Crippen molar-refractivity contribution < 1.29 is 9.84 Å². The summed E-state index contributed by atoms with van der Waals surface area (Å²) in [6.45, 7) is 0.819. The van der Waals surface area contributed by atoms with Crippen LogP contribution in [0.4, 0.5) is 0 Å². The minimum Gasteiger partial charge on any atom is -0.506 e. The highest BCUT2D eigenvalue weighted by Crippen LogP contribution is 2.28. The van der Waals surface area contributed by atoms with Crippen LogP contribution in [0.25, 0.3) is 16.9 Å². The molecule has 1 fully saturated rings. The Balaban J connectivity index is 1.83. The second kappa shape index (κ2) is 6.01. The van der Waals surface area contributed by atoms with E-state index in [4.69, 9.17) is 9.72 Å². The Hall–Kier alpha value is -2.40. The number of aromatic nitrogens is 3. The monoisotopic (exact) mass is 309 g/mol. The van der Waals surface area contributed by atoms with Crippen molar-refractivity contribution in [2.45, 2.75) is 31.8 Å². The van der Waals surface area contributed by atoms with Crippen LogP contribution in [0.1, 0.15) is 25.1 Å². The number of hydrogen-bond acceptors (Lipinski definition) is 4. The molecule has 1 saturated heterocycles. The third-order valence-corrected chi connectivity index (χ3v) is 4.29. The fourth-order valence-corrected chi connectivity index (χ4v) is 3.17. The summed E-state index contributed by atoms with van der Waals surface area (Å²) in [5, 5.41) is 10.3. The van der Waals surface area contributed by atoms with Gasteiger partial charge in [-0.15, -0.1) is 0 Å². The van der Waals surface area contributed by atoms with E-state index in [1.807, 2.05) is 34.9 Å². The first-order valence-electron chi connectivity index (χ1n) is 8.05. The summed E-state index contributed by atoms with van der Waals surface area (Å²) in [6, 6.07) is 11.1. The summed E-state index contributed by atoms with van der Waals surface area (Å²) in [6.07, 6.45) is 6.04. The largest absolute Gasteiger partial charge is 0.506 e. The maximum atomic E-state index is 10.3. The molecule has 3 heterocycles. The molecule has 1 aliphatic rings. The Morgan fingerprint density at radius 2 is 2.09 bits per heavy atom. The van der Waals surface area contributed by atoms with E-state index >= 15 is 0 Å². The molecule has 1 aliphatic heterocycles. The van der Waals surface area contributed by atoms with Crippen molar-refractivity contribution in [2.75, 3.05) is 6.61 Å². The summed E-state index contributed by atoms with van der Waals surface area (Å²) < 4.78 is 7.81. The van der Waals surface area contributed by atoms with Gasteiger partial charge in [-0.3, -0.25) is 4.57 Å². The van der Waals surface area contributed by atoms with Gasteiger partial charge in [0.1, 0.15) is 17.1 Å².